The van der Waals surface area contributed by atoms with E-state index in [0.29, 0.717) is 11.5 Å². The lowest BCUT2D eigenvalue weighted by molar-refractivity contribution is -0.117. The van der Waals surface area contributed by atoms with Crippen LogP contribution in [0, 0.1) is 0 Å². The fourth-order valence-electron chi connectivity index (χ4n) is 2.17. The summed E-state index contributed by atoms with van der Waals surface area (Å²) in [6, 6.07) is 12.2. The zero-order valence-electron chi connectivity index (χ0n) is 10.2. The Labute approximate surface area is 110 Å². The third-order valence-electron chi connectivity index (χ3n) is 3.18. The van der Waals surface area contributed by atoms with Gasteiger partial charge in [-0.2, -0.15) is 0 Å². The zero-order chi connectivity index (χ0) is 13.2. The van der Waals surface area contributed by atoms with E-state index in [9.17, 15) is 4.79 Å². The van der Waals surface area contributed by atoms with Crippen LogP contribution in [-0.2, 0) is 4.79 Å². The molecule has 1 aliphatic rings. The Morgan fingerprint density at radius 3 is 2.74 bits per heavy atom. The summed E-state index contributed by atoms with van der Waals surface area (Å²) in [4.78, 5) is 16.3. The Balaban J connectivity index is 1.89. The summed E-state index contributed by atoms with van der Waals surface area (Å²) in [6.07, 6.45) is 1.68. The number of hydrogen-bond donors (Lipinski definition) is 3. The van der Waals surface area contributed by atoms with Crippen LogP contribution in [0.2, 0.25) is 0 Å². The van der Waals surface area contributed by atoms with Crippen molar-refractivity contribution < 1.29 is 4.79 Å². The van der Waals surface area contributed by atoms with Crippen LogP contribution in [0.1, 0.15) is 11.6 Å². The Morgan fingerprint density at radius 1 is 1.16 bits per heavy atom. The molecule has 5 heteroatoms. The number of carbonyl (C=O) groups excluding carboxylic acids is 1. The minimum atomic E-state index is -0.523. The van der Waals surface area contributed by atoms with Gasteiger partial charge in [-0.1, -0.05) is 30.3 Å². The van der Waals surface area contributed by atoms with E-state index < -0.39 is 12.1 Å². The van der Waals surface area contributed by atoms with Gasteiger partial charge >= 0.3 is 0 Å². The zero-order valence-corrected chi connectivity index (χ0v) is 10.2. The van der Waals surface area contributed by atoms with Crippen molar-refractivity contribution in [3.05, 3.63) is 54.2 Å². The van der Waals surface area contributed by atoms with Gasteiger partial charge in [0, 0.05) is 6.20 Å². The first kappa shape index (κ1) is 11.7. The van der Waals surface area contributed by atoms with Crippen LogP contribution >= 0.6 is 0 Å². The molecule has 0 saturated carbocycles. The Hall–Kier alpha value is -2.40. The number of benzene rings is 1. The molecule has 0 spiro atoms. The number of pyridine rings is 1. The van der Waals surface area contributed by atoms with Crippen molar-refractivity contribution in [2.75, 3.05) is 10.6 Å². The molecule has 1 aliphatic heterocycles. The van der Waals surface area contributed by atoms with Crippen molar-refractivity contribution >= 4 is 17.4 Å². The van der Waals surface area contributed by atoms with E-state index in [-0.39, 0.29) is 5.91 Å². The van der Waals surface area contributed by atoms with Gasteiger partial charge in [0.05, 0.1) is 11.7 Å². The first-order chi connectivity index (χ1) is 9.25. The Kier molecular flexibility index (Phi) is 2.89. The normalized spacial score (nSPS) is 19.0. The summed E-state index contributed by atoms with van der Waals surface area (Å²) in [5.41, 5.74) is 7.76. The van der Waals surface area contributed by atoms with Crippen LogP contribution in [0.5, 0.6) is 0 Å². The van der Waals surface area contributed by atoms with Gasteiger partial charge in [-0.3, -0.25) is 4.79 Å². The van der Waals surface area contributed by atoms with E-state index in [1.54, 1.807) is 18.3 Å². The standard InChI is InChI=1S/C14H14N4O/c15-11(9-5-2-1-3-6-9)12-14(19)17-10-7-4-8-16-13(10)18-12/h1-8,11-12H,15H2,(H,16,18)(H,17,19)/t11-,12+/m1/s1. The van der Waals surface area contributed by atoms with Crippen LogP contribution < -0.4 is 16.4 Å². The predicted octanol–water partition coefficient (Wildman–Crippen LogP) is 1.51. The summed E-state index contributed by atoms with van der Waals surface area (Å²) in [6.45, 7) is 0. The smallest absolute Gasteiger partial charge is 0.248 e. The Morgan fingerprint density at radius 2 is 1.95 bits per heavy atom. The average Bonchev–Trinajstić information content (AvgIpc) is 2.47. The topological polar surface area (TPSA) is 80.0 Å². The van der Waals surface area contributed by atoms with E-state index >= 15 is 0 Å². The summed E-state index contributed by atoms with van der Waals surface area (Å²) in [7, 11) is 0. The molecule has 0 radical (unpaired) electrons. The molecule has 2 heterocycles. The van der Waals surface area contributed by atoms with Gasteiger partial charge in [0.15, 0.2) is 0 Å². The number of anilines is 2. The van der Waals surface area contributed by atoms with Gasteiger partial charge in [0.2, 0.25) is 5.91 Å². The SMILES string of the molecule is N[C@H](c1ccccc1)[C@@H]1Nc2ncccc2NC1=O. The third-order valence-corrected chi connectivity index (χ3v) is 3.18. The van der Waals surface area contributed by atoms with Crippen LogP contribution in [0.15, 0.2) is 48.7 Å². The summed E-state index contributed by atoms with van der Waals surface area (Å²) >= 11 is 0. The van der Waals surface area contributed by atoms with Crippen molar-refractivity contribution in [2.24, 2.45) is 5.73 Å². The van der Waals surface area contributed by atoms with E-state index in [1.807, 2.05) is 30.3 Å². The second kappa shape index (κ2) is 4.70. The lowest BCUT2D eigenvalue weighted by Gasteiger charge is -2.29. The summed E-state index contributed by atoms with van der Waals surface area (Å²) in [5, 5.41) is 5.91. The molecule has 96 valence electrons. The molecule has 0 fully saturated rings. The lowest BCUT2D eigenvalue weighted by atomic mass is 9.98. The molecule has 1 aromatic carbocycles. The van der Waals surface area contributed by atoms with E-state index in [2.05, 4.69) is 15.6 Å². The first-order valence-electron chi connectivity index (χ1n) is 6.08. The van der Waals surface area contributed by atoms with Crippen molar-refractivity contribution in [1.29, 1.82) is 0 Å². The molecule has 1 amide bonds. The molecular weight excluding hydrogens is 240 g/mol. The molecule has 3 rings (SSSR count). The van der Waals surface area contributed by atoms with Gasteiger partial charge in [-0.15, -0.1) is 0 Å². The molecular formula is C14H14N4O. The first-order valence-corrected chi connectivity index (χ1v) is 6.08. The van der Waals surface area contributed by atoms with Crippen molar-refractivity contribution in [2.45, 2.75) is 12.1 Å². The number of amides is 1. The van der Waals surface area contributed by atoms with Crippen LogP contribution in [0.25, 0.3) is 0 Å². The van der Waals surface area contributed by atoms with Gasteiger partial charge < -0.3 is 16.4 Å². The fraction of sp³-hybridized carbons (Fsp3) is 0.143. The third kappa shape index (κ3) is 2.15. The fourth-order valence-corrected chi connectivity index (χ4v) is 2.17. The molecule has 0 aliphatic carbocycles. The molecule has 1 aromatic heterocycles. The average molecular weight is 254 g/mol. The highest BCUT2D eigenvalue weighted by atomic mass is 16.2. The van der Waals surface area contributed by atoms with E-state index in [4.69, 9.17) is 5.73 Å². The summed E-state index contributed by atoms with van der Waals surface area (Å²) < 4.78 is 0. The summed E-state index contributed by atoms with van der Waals surface area (Å²) in [5.74, 6) is 0.510. The molecule has 5 nitrogen and oxygen atoms in total. The molecule has 0 bridgehead atoms. The Bertz CT molecular complexity index is 599. The maximum Gasteiger partial charge on any atom is 0.248 e. The number of carbonyl (C=O) groups is 1. The molecule has 4 N–H and O–H groups in total. The minimum Gasteiger partial charge on any atom is -0.355 e. The molecule has 2 atom stereocenters. The highest BCUT2D eigenvalue weighted by molar-refractivity contribution is 6.02. The number of nitrogens with zero attached hydrogens (tertiary/aromatic N) is 1. The molecule has 19 heavy (non-hydrogen) atoms. The maximum atomic E-state index is 12.1. The van der Waals surface area contributed by atoms with Gasteiger partial charge in [0.1, 0.15) is 11.9 Å². The number of nitrogens with one attached hydrogen (secondary N) is 2. The number of rotatable bonds is 2. The van der Waals surface area contributed by atoms with Gasteiger partial charge in [-0.05, 0) is 17.7 Å². The predicted molar refractivity (Wildman–Crippen MR) is 73.6 cm³/mol. The second-order valence-corrected chi connectivity index (χ2v) is 4.45. The molecule has 0 saturated heterocycles. The number of hydrogen-bond acceptors (Lipinski definition) is 4. The van der Waals surface area contributed by atoms with E-state index in [0.717, 1.165) is 5.56 Å². The minimum absolute atomic E-state index is 0.142. The quantitative estimate of drug-likeness (QED) is 0.759. The van der Waals surface area contributed by atoms with Gasteiger partial charge in [0.25, 0.3) is 0 Å². The van der Waals surface area contributed by atoms with Crippen LogP contribution in [0.3, 0.4) is 0 Å². The largest absolute Gasteiger partial charge is 0.355 e. The number of nitrogens with two attached hydrogens (primary N) is 1. The monoisotopic (exact) mass is 254 g/mol. The number of aromatic nitrogens is 1. The highest BCUT2D eigenvalue weighted by Crippen LogP contribution is 2.27. The van der Waals surface area contributed by atoms with Crippen LogP contribution in [-0.4, -0.2) is 16.9 Å². The van der Waals surface area contributed by atoms with Gasteiger partial charge in [-0.25, -0.2) is 4.98 Å². The van der Waals surface area contributed by atoms with Crippen LogP contribution in [0.4, 0.5) is 11.5 Å². The highest BCUT2D eigenvalue weighted by Gasteiger charge is 2.31. The van der Waals surface area contributed by atoms with Crippen molar-refractivity contribution in [3.63, 3.8) is 0 Å². The lowest BCUT2D eigenvalue weighted by Crippen LogP contribution is -2.46. The molecule has 2 aromatic rings. The second-order valence-electron chi connectivity index (χ2n) is 4.45. The van der Waals surface area contributed by atoms with E-state index in [1.165, 1.54) is 0 Å². The van der Waals surface area contributed by atoms with Crippen molar-refractivity contribution in [3.8, 4) is 0 Å². The molecule has 0 unspecified atom stereocenters. The number of fused-ring (bicyclic) bond motifs is 1. The van der Waals surface area contributed by atoms with Crippen molar-refractivity contribution in [1.82, 2.24) is 4.98 Å². The maximum absolute atomic E-state index is 12.1.